The minimum Gasteiger partial charge on any atom is -0.429 e. The van der Waals surface area contributed by atoms with Crippen LogP contribution < -0.4 is 5.73 Å². The Kier molecular flexibility index (Phi) is 6.52. The summed E-state index contributed by atoms with van der Waals surface area (Å²) in [5.41, 5.74) is 5.30. The molecule has 0 saturated carbocycles. The lowest BCUT2D eigenvalue weighted by molar-refractivity contribution is 0.179. The fourth-order valence-electron chi connectivity index (χ4n) is 0.425. The fourth-order valence-corrected chi connectivity index (χ4v) is 0.579. The van der Waals surface area contributed by atoms with E-state index in [9.17, 15) is 0 Å². The highest BCUT2D eigenvalue weighted by Gasteiger charge is 2.00. The second-order valence-corrected chi connectivity index (χ2v) is 1.99. The smallest absolute Gasteiger partial charge is 0.429 e. The monoisotopic (exact) mass is 150 g/mol. The van der Waals surface area contributed by atoms with E-state index in [1.807, 2.05) is 0 Å². The van der Waals surface area contributed by atoms with Crippen molar-refractivity contribution in [2.24, 2.45) is 5.73 Å². The molecule has 1 radical (unpaired) electrons. The molecule has 1 atom stereocenters. The zero-order chi connectivity index (χ0) is 7.11. The van der Waals surface area contributed by atoms with E-state index in [0.29, 0.717) is 20.0 Å². The number of alkyl halides is 1. The van der Waals surface area contributed by atoms with Crippen molar-refractivity contribution in [1.29, 1.82) is 0 Å². The Morgan fingerprint density at radius 3 is 2.89 bits per heavy atom. The standard InChI is InChI=1S/C4H10BClNO2/c6-3-1-2-4(7)9-5-8/h4,8H,1-3,7H2. The summed E-state index contributed by atoms with van der Waals surface area (Å²) < 4.78 is 4.49. The maximum Gasteiger partial charge on any atom is 0.486 e. The van der Waals surface area contributed by atoms with Crippen LogP contribution in [0.15, 0.2) is 0 Å². The molecule has 0 aromatic heterocycles. The minimum absolute atomic E-state index is 0.422. The predicted octanol–water partition coefficient (Wildman–Crippen LogP) is -0.167. The molecular weight excluding hydrogens is 140 g/mol. The van der Waals surface area contributed by atoms with E-state index in [-0.39, 0.29) is 0 Å². The molecule has 0 aliphatic heterocycles. The number of halogens is 1. The fraction of sp³-hybridized carbons (Fsp3) is 1.00. The molecule has 0 amide bonds. The van der Waals surface area contributed by atoms with Gasteiger partial charge in [0.05, 0.1) is 6.23 Å². The van der Waals surface area contributed by atoms with E-state index in [1.54, 1.807) is 0 Å². The summed E-state index contributed by atoms with van der Waals surface area (Å²) in [6.07, 6.45) is 1.05. The van der Waals surface area contributed by atoms with Crippen LogP contribution >= 0.6 is 11.6 Å². The van der Waals surface area contributed by atoms with Gasteiger partial charge in [-0.3, -0.25) is 0 Å². The van der Waals surface area contributed by atoms with Crippen molar-refractivity contribution in [3.63, 3.8) is 0 Å². The molecule has 1 unspecified atom stereocenters. The number of nitrogens with two attached hydrogens (primary N) is 1. The van der Waals surface area contributed by atoms with Gasteiger partial charge < -0.3 is 15.4 Å². The highest BCUT2D eigenvalue weighted by Crippen LogP contribution is 1.95. The van der Waals surface area contributed by atoms with Crippen LogP contribution in [0.4, 0.5) is 0 Å². The molecule has 0 rings (SSSR count). The van der Waals surface area contributed by atoms with E-state index in [4.69, 9.17) is 22.4 Å². The van der Waals surface area contributed by atoms with Crippen LogP contribution in [-0.4, -0.2) is 24.8 Å². The average molecular weight is 150 g/mol. The van der Waals surface area contributed by atoms with Crippen LogP contribution in [0.5, 0.6) is 0 Å². The van der Waals surface area contributed by atoms with E-state index < -0.39 is 6.23 Å². The second kappa shape index (κ2) is 6.36. The third kappa shape index (κ3) is 6.12. The van der Waals surface area contributed by atoms with Crippen LogP contribution in [0.1, 0.15) is 12.8 Å². The lowest BCUT2D eigenvalue weighted by Crippen LogP contribution is -2.25. The van der Waals surface area contributed by atoms with Crippen LogP contribution in [0.2, 0.25) is 0 Å². The summed E-state index contributed by atoms with van der Waals surface area (Å²) in [7, 11) is 0.596. The SMILES string of the molecule is NC(CCCCl)O[B]O. The van der Waals surface area contributed by atoms with Gasteiger partial charge in [-0.05, 0) is 12.8 Å². The summed E-state index contributed by atoms with van der Waals surface area (Å²) in [5.74, 6) is 0.572. The quantitative estimate of drug-likeness (QED) is 0.325. The molecular formula is C4H10BClNO2. The summed E-state index contributed by atoms with van der Waals surface area (Å²) in [5, 5.41) is 8.08. The van der Waals surface area contributed by atoms with Crippen LogP contribution in [-0.2, 0) is 4.65 Å². The van der Waals surface area contributed by atoms with Gasteiger partial charge in [-0.15, -0.1) is 11.6 Å². The summed E-state index contributed by atoms with van der Waals surface area (Å²) in [6, 6.07) is 0. The van der Waals surface area contributed by atoms with Gasteiger partial charge in [-0.2, -0.15) is 0 Å². The van der Waals surface area contributed by atoms with Gasteiger partial charge >= 0.3 is 7.69 Å². The number of hydrogen-bond acceptors (Lipinski definition) is 3. The van der Waals surface area contributed by atoms with Crippen molar-refractivity contribution in [1.82, 2.24) is 0 Å². The molecule has 0 aliphatic carbocycles. The Labute approximate surface area is 60.4 Å². The molecule has 0 fully saturated rings. The number of hydrogen-bond donors (Lipinski definition) is 2. The van der Waals surface area contributed by atoms with Gasteiger partial charge in [-0.25, -0.2) is 0 Å². The van der Waals surface area contributed by atoms with E-state index in [0.717, 1.165) is 6.42 Å². The molecule has 3 N–H and O–H groups in total. The zero-order valence-corrected chi connectivity index (χ0v) is 5.84. The van der Waals surface area contributed by atoms with Gasteiger partial charge in [0, 0.05) is 5.88 Å². The van der Waals surface area contributed by atoms with Gasteiger partial charge in [-0.1, -0.05) is 0 Å². The average Bonchev–Trinajstić information content (AvgIpc) is 1.85. The van der Waals surface area contributed by atoms with Crippen LogP contribution in [0.3, 0.4) is 0 Å². The minimum atomic E-state index is -0.422. The first-order valence-electron chi connectivity index (χ1n) is 2.74. The van der Waals surface area contributed by atoms with Crippen molar-refractivity contribution in [3.8, 4) is 0 Å². The van der Waals surface area contributed by atoms with E-state index in [1.165, 1.54) is 0 Å². The Morgan fingerprint density at radius 2 is 2.44 bits per heavy atom. The van der Waals surface area contributed by atoms with Gasteiger partial charge in [0.2, 0.25) is 0 Å². The molecule has 0 aliphatic rings. The van der Waals surface area contributed by atoms with Gasteiger partial charge in [0.25, 0.3) is 0 Å². The van der Waals surface area contributed by atoms with Crippen LogP contribution in [0.25, 0.3) is 0 Å². The highest BCUT2D eigenvalue weighted by molar-refractivity contribution is 6.17. The molecule has 0 saturated heterocycles. The zero-order valence-electron chi connectivity index (χ0n) is 5.09. The maximum atomic E-state index is 8.08. The number of rotatable bonds is 5. The van der Waals surface area contributed by atoms with Gasteiger partial charge in [0.1, 0.15) is 0 Å². The second-order valence-electron chi connectivity index (χ2n) is 1.61. The normalized spacial score (nSPS) is 13.2. The first-order valence-corrected chi connectivity index (χ1v) is 3.27. The molecule has 0 bridgehead atoms. The van der Waals surface area contributed by atoms with E-state index >= 15 is 0 Å². The molecule has 0 heterocycles. The van der Waals surface area contributed by atoms with Crippen molar-refractivity contribution in [2.75, 3.05) is 5.88 Å². The molecule has 3 nitrogen and oxygen atoms in total. The molecule has 0 aromatic rings. The Bertz CT molecular complexity index is 66.5. The topological polar surface area (TPSA) is 55.5 Å². The lowest BCUT2D eigenvalue weighted by atomic mass is 10.3. The Hall–Kier alpha value is 0.235. The Morgan fingerprint density at radius 1 is 1.78 bits per heavy atom. The maximum absolute atomic E-state index is 8.08. The van der Waals surface area contributed by atoms with Crippen molar-refractivity contribution in [2.45, 2.75) is 19.1 Å². The molecule has 9 heavy (non-hydrogen) atoms. The highest BCUT2D eigenvalue weighted by atomic mass is 35.5. The van der Waals surface area contributed by atoms with Crippen molar-refractivity contribution < 1.29 is 9.68 Å². The van der Waals surface area contributed by atoms with E-state index in [2.05, 4.69) is 4.65 Å². The molecule has 0 spiro atoms. The Balaban J connectivity index is 2.95. The third-order valence-corrected chi connectivity index (χ3v) is 1.13. The summed E-state index contributed by atoms with van der Waals surface area (Å²) in [6.45, 7) is 0. The van der Waals surface area contributed by atoms with Crippen LogP contribution in [0, 0.1) is 0 Å². The summed E-state index contributed by atoms with van der Waals surface area (Å²) in [4.78, 5) is 0. The van der Waals surface area contributed by atoms with Crippen molar-refractivity contribution in [3.05, 3.63) is 0 Å². The molecule has 53 valence electrons. The predicted molar refractivity (Wildman–Crippen MR) is 37.0 cm³/mol. The lowest BCUT2D eigenvalue weighted by Gasteiger charge is -2.07. The first-order chi connectivity index (χ1) is 4.31. The largest absolute Gasteiger partial charge is 0.486 e. The van der Waals surface area contributed by atoms with Crippen molar-refractivity contribution >= 4 is 19.3 Å². The molecule has 0 aromatic carbocycles. The third-order valence-electron chi connectivity index (χ3n) is 0.858. The van der Waals surface area contributed by atoms with Gasteiger partial charge in [0.15, 0.2) is 0 Å². The summed E-state index contributed by atoms with van der Waals surface area (Å²) >= 11 is 5.36. The first kappa shape index (κ1) is 9.23. The molecule has 5 heteroatoms.